The lowest BCUT2D eigenvalue weighted by Gasteiger charge is -2.32. The van der Waals surface area contributed by atoms with E-state index in [2.05, 4.69) is 0 Å². The molecule has 2 aromatic rings. The molecule has 3 unspecified atom stereocenters. The van der Waals surface area contributed by atoms with E-state index >= 15 is 0 Å². The second-order valence-electron chi connectivity index (χ2n) is 9.53. The normalized spacial score (nSPS) is 23.2. The van der Waals surface area contributed by atoms with Gasteiger partial charge >= 0.3 is 5.97 Å². The van der Waals surface area contributed by atoms with Crippen LogP contribution in [0, 0.1) is 24.7 Å². The van der Waals surface area contributed by atoms with Crippen molar-refractivity contribution in [1.29, 1.82) is 0 Å². The largest absolute Gasteiger partial charge is 0.508 e. The average Bonchev–Trinajstić information content (AvgIpc) is 3.69. The lowest BCUT2D eigenvalue weighted by atomic mass is 9.82. The van der Waals surface area contributed by atoms with Crippen LogP contribution in [0.15, 0.2) is 47.7 Å². The van der Waals surface area contributed by atoms with Gasteiger partial charge in [-0.3, -0.25) is 4.79 Å². The van der Waals surface area contributed by atoms with Gasteiger partial charge in [-0.15, -0.1) is 11.3 Å². The lowest BCUT2D eigenvalue weighted by Crippen LogP contribution is -2.43. The van der Waals surface area contributed by atoms with Crippen LogP contribution in [0.1, 0.15) is 53.3 Å². The number of phenolic OH excluding ortho intramolecular Hbond substituents is 1. The SMILES string of the molecule is Cc1ccc(C(C2=C(O)C(=O)C(C(Cc3ccc(O)cc3)CC3CC3)OC2=O)C2CC2)s1. The van der Waals surface area contributed by atoms with Crippen molar-refractivity contribution in [3.63, 3.8) is 0 Å². The van der Waals surface area contributed by atoms with Crippen molar-refractivity contribution >= 4 is 23.1 Å². The van der Waals surface area contributed by atoms with Crippen molar-refractivity contribution in [3.05, 3.63) is 63.0 Å². The molecule has 2 N–H and O–H groups in total. The van der Waals surface area contributed by atoms with Gasteiger partial charge in [0.2, 0.25) is 5.78 Å². The Hall–Kier alpha value is -2.60. The van der Waals surface area contributed by atoms with Gasteiger partial charge in [-0.1, -0.05) is 25.0 Å². The van der Waals surface area contributed by atoms with Crippen LogP contribution in [0.2, 0.25) is 0 Å². The number of carbonyl (C=O) groups excluding carboxylic acids is 2. The second kappa shape index (κ2) is 8.39. The van der Waals surface area contributed by atoms with E-state index in [0.29, 0.717) is 12.3 Å². The van der Waals surface area contributed by atoms with E-state index in [1.807, 2.05) is 31.2 Å². The fourth-order valence-electron chi connectivity index (χ4n) is 4.87. The number of thiophene rings is 1. The zero-order valence-corrected chi connectivity index (χ0v) is 18.9. The first-order chi connectivity index (χ1) is 15.4. The molecule has 0 amide bonds. The summed E-state index contributed by atoms with van der Waals surface area (Å²) in [6.45, 7) is 2.01. The summed E-state index contributed by atoms with van der Waals surface area (Å²) < 4.78 is 5.80. The van der Waals surface area contributed by atoms with Gasteiger partial charge < -0.3 is 14.9 Å². The van der Waals surface area contributed by atoms with E-state index in [0.717, 1.165) is 47.4 Å². The molecule has 0 saturated heterocycles. The van der Waals surface area contributed by atoms with Crippen LogP contribution < -0.4 is 0 Å². The summed E-state index contributed by atoms with van der Waals surface area (Å²) >= 11 is 1.61. The van der Waals surface area contributed by atoms with Crippen LogP contribution in [0.25, 0.3) is 0 Å². The van der Waals surface area contributed by atoms with Crippen LogP contribution in [0.5, 0.6) is 5.75 Å². The third kappa shape index (κ3) is 4.33. The van der Waals surface area contributed by atoms with Gasteiger partial charge in [0, 0.05) is 21.6 Å². The Morgan fingerprint density at radius 2 is 1.75 bits per heavy atom. The van der Waals surface area contributed by atoms with Crippen LogP contribution in [-0.2, 0) is 20.7 Å². The number of ketones is 1. The van der Waals surface area contributed by atoms with Gasteiger partial charge in [0.1, 0.15) is 5.75 Å². The molecule has 1 aromatic carbocycles. The molecule has 1 aliphatic heterocycles. The Bertz CT molecular complexity index is 1060. The van der Waals surface area contributed by atoms with Crippen molar-refractivity contribution in [1.82, 2.24) is 0 Å². The summed E-state index contributed by atoms with van der Waals surface area (Å²) in [6, 6.07) is 10.9. The van der Waals surface area contributed by atoms with Crippen molar-refractivity contribution in [2.75, 3.05) is 0 Å². The fourth-order valence-corrected chi connectivity index (χ4v) is 5.95. The van der Waals surface area contributed by atoms with Crippen LogP contribution in [-0.4, -0.2) is 28.1 Å². The average molecular weight is 453 g/mol. The molecule has 1 aromatic heterocycles. The Balaban J connectivity index is 1.44. The topological polar surface area (TPSA) is 83.8 Å². The number of cyclic esters (lactones) is 1. The Morgan fingerprint density at radius 3 is 2.34 bits per heavy atom. The van der Waals surface area contributed by atoms with Crippen LogP contribution in [0.4, 0.5) is 0 Å². The predicted molar refractivity (Wildman–Crippen MR) is 122 cm³/mol. The monoisotopic (exact) mass is 452 g/mol. The molecule has 2 heterocycles. The number of aliphatic hydroxyl groups is 1. The molecule has 0 radical (unpaired) electrons. The summed E-state index contributed by atoms with van der Waals surface area (Å²) in [5, 5.41) is 20.6. The minimum Gasteiger partial charge on any atom is -0.508 e. The maximum Gasteiger partial charge on any atom is 0.339 e. The maximum absolute atomic E-state index is 13.3. The third-order valence-corrected chi connectivity index (χ3v) is 7.95. The van der Waals surface area contributed by atoms with Gasteiger partial charge in [-0.25, -0.2) is 4.79 Å². The van der Waals surface area contributed by atoms with E-state index < -0.39 is 23.6 Å². The first-order valence-electron chi connectivity index (χ1n) is 11.4. The second-order valence-corrected chi connectivity index (χ2v) is 10.8. The number of aryl methyl sites for hydroxylation is 1. The molecule has 5 nitrogen and oxygen atoms in total. The molecule has 0 spiro atoms. The van der Waals surface area contributed by atoms with Gasteiger partial charge in [-0.2, -0.15) is 0 Å². The number of aromatic hydroxyl groups is 1. The fraction of sp³-hybridized carbons (Fsp3) is 0.462. The molecule has 6 heteroatoms. The zero-order valence-electron chi connectivity index (χ0n) is 18.1. The molecule has 2 fully saturated rings. The number of benzene rings is 1. The molecule has 5 rings (SSSR count). The van der Waals surface area contributed by atoms with Crippen molar-refractivity contribution < 1.29 is 24.5 Å². The highest BCUT2D eigenvalue weighted by atomic mass is 32.1. The molecular formula is C26H28O5S. The number of hydrogen-bond donors (Lipinski definition) is 2. The number of aliphatic hydroxyl groups excluding tert-OH is 1. The Morgan fingerprint density at radius 1 is 1.03 bits per heavy atom. The highest BCUT2D eigenvalue weighted by Crippen LogP contribution is 2.50. The van der Waals surface area contributed by atoms with Gasteiger partial charge in [0.05, 0.1) is 5.57 Å². The molecular weight excluding hydrogens is 424 g/mol. The van der Waals surface area contributed by atoms with E-state index in [9.17, 15) is 19.8 Å². The number of rotatable bonds is 8. The van der Waals surface area contributed by atoms with Crippen molar-refractivity contribution in [3.8, 4) is 5.75 Å². The van der Waals surface area contributed by atoms with Gasteiger partial charge in [-0.05, 0) is 74.3 Å². The lowest BCUT2D eigenvalue weighted by molar-refractivity contribution is -0.158. The number of carbonyl (C=O) groups is 2. The summed E-state index contributed by atoms with van der Waals surface area (Å²) in [5.74, 6) is -0.913. The Labute approximate surface area is 191 Å². The number of esters is 1. The molecule has 3 aliphatic rings. The minimum atomic E-state index is -0.967. The van der Waals surface area contributed by atoms with Crippen molar-refractivity contribution in [2.45, 2.75) is 57.5 Å². The number of Topliss-reactive ketones (excluding diaryl/α,β-unsaturated/α-hetero) is 1. The number of hydrogen-bond acceptors (Lipinski definition) is 6. The van der Waals surface area contributed by atoms with Gasteiger partial charge in [0.25, 0.3) is 0 Å². The Kier molecular flexibility index (Phi) is 5.58. The minimum absolute atomic E-state index is 0.144. The molecule has 32 heavy (non-hydrogen) atoms. The van der Waals surface area contributed by atoms with E-state index in [-0.39, 0.29) is 29.1 Å². The van der Waals surface area contributed by atoms with Crippen molar-refractivity contribution in [2.24, 2.45) is 17.8 Å². The summed E-state index contributed by atoms with van der Waals surface area (Å²) in [4.78, 5) is 28.7. The summed E-state index contributed by atoms with van der Waals surface area (Å²) in [5.41, 5.74) is 1.11. The molecule has 168 valence electrons. The summed E-state index contributed by atoms with van der Waals surface area (Å²) in [7, 11) is 0. The predicted octanol–water partition coefficient (Wildman–Crippen LogP) is 5.22. The third-order valence-electron chi connectivity index (χ3n) is 6.87. The standard InChI is InChI=1S/C26H28O5S/c1-14-2-11-20(32-14)21(17-7-8-17)22-23(28)24(29)25(31-26(22)30)18(12-15-3-4-15)13-16-5-9-19(27)10-6-16/h2,5-6,9-11,15,17-18,21,25,27-28H,3-4,7-8,12-13H2,1H3. The van der Waals surface area contributed by atoms with E-state index in [1.165, 1.54) is 0 Å². The molecule has 0 bridgehead atoms. The molecule has 2 aliphatic carbocycles. The first-order valence-corrected chi connectivity index (χ1v) is 12.2. The summed E-state index contributed by atoms with van der Waals surface area (Å²) in [6.07, 6.45) is 4.57. The number of phenols is 1. The number of ether oxygens (including phenoxy) is 1. The maximum atomic E-state index is 13.3. The molecule has 3 atom stereocenters. The van der Waals surface area contributed by atoms with Gasteiger partial charge in [0.15, 0.2) is 11.9 Å². The van der Waals surface area contributed by atoms with E-state index in [4.69, 9.17) is 4.74 Å². The van der Waals surface area contributed by atoms with E-state index in [1.54, 1.807) is 23.5 Å². The molecule has 2 saturated carbocycles. The quantitative estimate of drug-likeness (QED) is 0.537. The highest BCUT2D eigenvalue weighted by molar-refractivity contribution is 7.12. The van der Waals surface area contributed by atoms with Crippen LogP contribution in [0.3, 0.4) is 0 Å². The zero-order chi connectivity index (χ0) is 22.4. The van der Waals surface area contributed by atoms with Crippen LogP contribution >= 0.6 is 11.3 Å². The smallest absolute Gasteiger partial charge is 0.339 e. The first kappa shape index (κ1) is 21.3. The highest BCUT2D eigenvalue weighted by Gasteiger charge is 2.48.